The number of benzene rings is 1. The Bertz CT molecular complexity index is 303. The van der Waals surface area contributed by atoms with Crippen molar-refractivity contribution in [3.05, 3.63) is 30.3 Å². The minimum Gasteiger partial charge on any atom is -0.382 e. The highest BCUT2D eigenvalue weighted by Crippen LogP contribution is 2.11. The van der Waals surface area contributed by atoms with Gasteiger partial charge in [-0.1, -0.05) is 18.2 Å². The summed E-state index contributed by atoms with van der Waals surface area (Å²) in [5.74, 6) is 0. The lowest BCUT2D eigenvalue weighted by Crippen LogP contribution is -2.32. The van der Waals surface area contributed by atoms with Gasteiger partial charge < -0.3 is 15.0 Å². The number of anilines is 1. The van der Waals surface area contributed by atoms with E-state index in [4.69, 9.17) is 4.74 Å². The Hall–Kier alpha value is -1.06. The number of hydrogen-bond donors (Lipinski definition) is 1. The summed E-state index contributed by atoms with van der Waals surface area (Å²) in [5, 5.41) is 3.50. The SMILES string of the molecule is CCOCCCCNCCN(CC)c1ccccc1. The first kappa shape index (κ1) is 16.0. The van der Waals surface area contributed by atoms with E-state index in [-0.39, 0.29) is 0 Å². The van der Waals surface area contributed by atoms with Gasteiger partial charge in [-0.3, -0.25) is 0 Å². The minimum atomic E-state index is 0.829. The van der Waals surface area contributed by atoms with Crippen molar-refractivity contribution in [2.24, 2.45) is 0 Å². The molecule has 1 rings (SSSR count). The molecule has 0 amide bonds. The summed E-state index contributed by atoms with van der Waals surface area (Å²) in [7, 11) is 0. The van der Waals surface area contributed by atoms with E-state index < -0.39 is 0 Å². The molecule has 0 saturated carbocycles. The molecule has 0 heterocycles. The summed E-state index contributed by atoms with van der Waals surface area (Å²) in [6.07, 6.45) is 2.34. The van der Waals surface area contributed by atoms with Crippen molar-refractivity contribution >= 4 is 5.69 Å². The first-order valence-corrected chi connectivity index (χ1v) is 7.47. The highest BCUT2D eigenvalue weighted by atomic mass is 16.5. The van der Waals surface area contributed by atoms with E-state index in [1.165, 1.54) is 12.1 Å². The maximum absolute atomic E-state index is 5.32. The van der Waals surface area contributed by atoms with Gasteiger partial charge in [-0.15, -0.1) is 0 Å². The van der Waals surface area contributed by atoms with Crippen LogP contribution in [0.1, 0.15) is 26.7 Å². The van der Waals surface area contributed by atoms with Crippen molar-refractivity contribution in [1.29, 1.82) is 0 Å². The molecule has 0 saturated heterocycles. The number of unbranched alkanes of at least 4 members (excludes halogenated alkanes) is 1. The van der Waals surface area contributed by atoms with E-state index >= 15 is 0 Å². The average molecular weight is 264 g/mol. The molecule has 1 N–H and O–H groups in total. The first-order chi connectivity index (χ1) is 9.38. The molecule has 3 heteroatoms. The molecule has 0 aromatic heterocycles. The molecule has 0 bridgehead atoms. The predicted octanol–water partition coefficient (Wildman–Crippen LogP) is 2.92. The van der Waals surface area contributed by atoms with Gasteiger partial charge in [0, 0.05) is 38.5 Å². The number of likely N-dealkylation sites (N-methyl/N-ethyl adjacent to an activating group) is 1. The van der Waals surface area contributed by atoms with Crippen molar-refractivity contribution in [3.63, 3.8) is 0 Å². The van der Waals surface area contributed by atoms with Gasteiger partial charge >= 0.3 is 0 Å². The summed E-state index contributed by atoms with van der Waals surface area (Å²) >= 11 is 0. The standard InChI is InChI=1S/C16H28N2O/c1-3-18(16-10-6-5-7-11-16)14-13-17-12-8-9-15-19-4-2/h5-7,10-11,17H,3-4,8-9,12-15H2,1-2H3. The molecule has 1 aromatic carbocycles. The molecule has 0 fully saturated rings. The summed E-state index contributed by atoms with van der Waals surface area (Å²) in [6, 6.07) is 10.6. The Morgan fingerprint density at radius 1 is 1.05 bits per heavy atom. The lowest BCUT2D eigenvalue weighted by molar-refractivity contribution is 0.143. The minimum absolute atomic E-state index is 0.829. The second-order valence-electron chi connectivity index (χ2n) is 4.57. The Balaban J connectivity index is 2.07. The maximum Gasteiger partial charge on any atom is 0.0466 e. The lowest BCUT2D eigenvalue weighted by Gasteiger charge is -2.23. The molecule has 0 aliphatic rings. The molecule has 0 radical (unpaired) electrons. The van der Waals surface area contributed by atoms with E-state index in [0.29, 0.717) is 0 Å². The van der Waals surface area contributed by atoms with Crippen LogP contribution in [0.5, 0.6) is 0 Å². The Labute approximate surface area is 118 Å². The van der Waals surface area contributed by atoms with Crippen molar-refractivity contribution in [2.75, 3.05) is 44.3 Å². The summed E-state index contributed by atoms with van der Waals surface area (Å²) in [6.45, 7) is 10.2. The summed E-state index contributed by atoms with van der Waals surface area (Å²) < 4.78 is 5.32. The van der Waals surface area contributed by atoms with Gasteiger partial charge in [-0.2, -0.15) is 0 Å². The fraction of sp³-hybridized carbons (Fsp3) is 0.625. The number of nitrogens with one attached hydrogen (secondary N) is 1. The van der Waals surface area contributed by atoms with Gasteiger partial charge in [-0.25, -0.2) is 0 Å². The molecule has 19 heavy (non-hydrogen) atoms. The zero-order valence-electron chi connectivity index (χ0n) is 12.4. The van der Waals surface area contributed by atoms with Gasteiger partial charge in [0.05, 0.1) is 0 Å². The fourth-order valence-electron chi connectivity index (χ4n) is 2.05. The van der Waals surface area contributed by atoms with Crippen LogP contribution in [0.3, 0.4) is 0 Å². The lowest BCUT2D eigenvalue weighted by atomic mass is 10.3. The van der Waals surface area contributed by atoms with Crippen molar-refractivity contribution < 1.29 is 4.74 Å². The van der Waals surface area contributed by atoms with Crippen LogP contribution >= 0.6 is 0 Å². The fourth-order valence-corrected chi connectivity index (χ4v) is 2.05. The maximum atomic E-state index is 5.32. The van der Waals surface area contributed by atoms with Gasteiger partial charge in [-0.05, 0) is 45.4 Å². The predicted molar refractivity (Wildman–Crippen MR) is 82.9 cm³/mol. The molecule has 0 aliphatic heterocycles. The molecule has 0 unspecified atom stereocenters. The summed E-state index contributed by atoms with van der Waals surface area (Å²) in [4.78, 5) is 2.40. The normalized spacial score (nSPS) is 10.6. The topological polar surface area (TPSA) is 24.5 Å². The monoisotopic (exact) mass is 264 g/mol. The van der Waals surface area contributed by atoms with Crippen LogP contribution in [0.15, 0.2) is 30.3 Å². The van der Waals surface area contributed by atoms with E-state index in [2.05, 4.69) is 47.5 Å². The first-order valence-electron chi connectivity index (χ1n) is 7.47. The number of ether oxygens (including phenoxy) is 1. The smallest absolute Gasteiger partial charge is 0.0466 e. The van der Waals surface area contributed by atoms with Gasteiger partial charge in [0.1, 0.15) is 0 Å². The van der Waals surface area contributed by atoms with Gasteiger partial charge in [0.25, 0.3) is 0 Å². The highest BCUT2D eigenvalue weighted by Gasteiger charge is 2.01. The van der Waals surface area contributed by atoms with Crippen LogP contribution in [-0.2, 0) is 4.74 Å². The molecule has 0 atom stereocenters. The van der Waals surface area contributed by atoms with Crippen molar-refractivity contribution in [3.8, 4) is 0 Å². The third-order valence-corrected chi connectivity index (χ3v) is 3.16. The van der Waals surface area contributed by atoms with E-state index in [1.54, 1.807) is 0 Å². The van der Waals surface area contributed by atoms with Gasteiger partial charge in [0.15, 0.2) is 0 Å². The average Bonchev–Trinajstić information content (AvgIpc) is 2.47. The third kappa shape index (κ3) is 7.19. The molecular weight excluding hydrogens is 236 g/mol. The van der Waals surface area contributed by atoms with Gasteiger partial charge in [0.2, 0.25) is 0 Å². The number of nitrogens with zero attached hydrogens (tertiary/aromatic N) is 1. The van der Waals surface area contributed by atoms with Crippen molar-refractivity contribution in [1.82, 2.24) is 5.32 Å². The van der Waals surface area contributed by atoms with Crippen LogP contribution in [-0.4, -0.2) is 39.4 Å². The number of rotatable bonds is 11. The zero-order chi connectivity index (χ0) is 13.8. The molecule has 0 spiro atoms. The third-order valence-electron chi connectivity index (χ3n) is 3.16. The molecule has 108 valence electrons. The van der Waals surface area contributed by atoms with Crippen LogP contribution in [0.4, 0.5) is 5.69 Å². The second-order valence-corrected chi connectivity index (χ2v) is 4.57. The molecule has 0 aliphatic carbocycles. The summed E-state index contributed by atoms with van der Waals surface area (Å²) in [5.41, 5.74) is 1.31. The Kier molecular flexibility index (Phi) is 9.11. The molecular formula is C16H28N2O. The quantitative estimate of drug-likeness (QED) is 0.622. The largest absolute Gasteiger partial charge is 0.382 e. The van der Waals surface area contributed by atoms with Crippen LogP contribution in [0.2, 0.25) is 0 Å². The number of para-hydroxylation sites is 1. The van der Waals surface area contributed by atoms with E-state index in [9.17, 15) is 0 Å². The highest BCUT2D eigenvalue weighted by molar-refractivity contribution is 5.45. The van der Waals surface area contributed by atoms with E-state index in [1.807, 2.05) is 6.92 Å². The van der Waals surface area contributed by atoms with Crippen LogP contribution < -0.4 is 10.2 Å². The number of hydrogen-bond acceptors (Lipinski definition) is 3. The molecule has 1 aromatic rings. The molecule has 3 nitrogen and oxygen atoms in total. The van der Waals surface area contributed by atoms with Crippen molar-refractivity contribution in [2.45, 2.75) is 26.7 Å². The van der Waals surface area contributed by atoms with Crippen LogP contribution in [0.25, 0.3) is 0 Å². The Morgan fingerprint density at radius 3 is 2.53 bits per heavy atom. The second kappa shape index (κ2) is 10.8. The zero-order valence-corrected chi connectivity index (χ0v) is 12.4. The van der Waals surface area contributed by atoms with Crippen LogP contribution in [0, 0.1) is 0 Å². The Morgan fingerprint density at radius 2 is 1.84 bits per heavy atom. The van der Waals surface area contributed by atoms with E-state index in [0.717, 1.165) is 45.8 Å².